The predicted molar refractivity (Wildman–Crippen MR) is 203 cm³/mol. The number of aromatic nitrogens is 3. The molecule has 1 aliphatic heterocycles. The zero-order valence-corrected chi connectivity index (χ0v) is 31.1. The fourth-order valence-electron chi connectivity index (χ4n) is 7.23. The highest BCUT2D eigenvalue weighted by Gasteiger charge is 2.40. The van der Waals surface area contributed by atoms with Gasteiger partial charge in [-0.1, -0.05) is 53.5 Å². The number of pyridine rings is 1. The highest BCUT2D eigenvalue weighted by molar-refractivity contribution is 6.34. The molecule has 5 aromatic rings. The molecule has 0 spiro atoms. The Labute approximate surface area is 317 Å². The van der Waals surface area contributed by atoms with E-state index in [9.17, 15) is 14.4 Å². The summed E-state index contributed by atoms with van der Waals surface area (Å²) in [6, 6.07) is 20.3. The Morgan fingerprint density at radius 2 is 1.68 bits per heavy atom. The molecule has 272 valence electrons. The molecular weight excluding hydrogens is 715 g/mol. The number of nitrogens with two attached hydrogens (primary N) is 1. The molecule has 53 heavy (non-hydrogen) atoms. The average Bonchev–Trinajstić information content (AvgIpc) is 3.46. The Balaban J connectivity index is 1.29. The summed E-state index contributed by atoms with van der Waals surface area (Å²) in [7, 11) is 1.59. The number of carbonyl (C=O) groups is 3. The van der Waals surface area contributed by atoms with Crippen LogP contribution in [0, 0.1) is 0 Å². The number of aryl methyl sites for hydroxylation is 1. The van der Waals surface area contributed by atoms with Crippen molar-refractivity contribution in [2.75, 3.05) is 26.7 Å². The van der Waals surface area contributed by atoms with E-state index in [4.69, 9.17) is 43.5 Å². The molecule has 0 radical (unpaired) electrons. The number of hydrogen-bond donors (Lipinski definition) is 1. The van der Waals surface area contributed by atoms with Gasteiger partial charge in [0.05, 0.1) is 29.6 Å². The summed E-state index contributed by atoms with van der Waals surface area (Å²) in [6.45, 7) is 5.21. The van der Waals surface area contributed by atoms with Crippen LogP contribution in [0.25, 0.3) is 28.1 Å². The van der Waals surface area contributed by atoms with Crippen LogP contribution in [-0.4, -0.2) is 74.8 Å². The number of halogens is 2. The van der Waals surface area contributed by atoms with E-state index < -0.39 is 17.5 Å². The molecule has 1 aliphatic carbocycles. The van der Waals surface area contributed by atoms with E-state index in [0.717, 1.165) is 27.9 Å². The Hall–Kier alpha value is -5.39. The second kappa shape index (κ2) is 14.6. The molecule has 13 heteroatoms. The number of rotatable bonds is 7. The van der Waals surface area contributed by atoms with Gasteiger partial charge >= 0.3 is 6.09 Å². The van der Waals surface area contributed by atoms with Gasteiger partial charge in [0.25, 0.3) is 5.91 Å². The van der Waals surface area contributed by atoms with Gasteiger partial charge in [-0.25, -0.2) is 9.48 Å². The lowest BCUT2D eigenvalue weighted by Crippen LogP contribution is -2.53. The Morgan fingerprint density at radius 3 is 2.40 bits per heavy atom. The largest absolute Gasteiger partial charge is 0.496 e. The van der Waals surface area contributed by atoms with Crippen molar-refractivity contribution >= 4 is 41.1 Å². The Kier molecular flexibility index (Phi) is 9.89. The molecule has 2 N–H and O–H groups in total. The van der Waals surface area contributed by atoms with Crippen LogP contribution in [0.1, 0.15) is 57.8 Å². The SMILES string of the molecule is COc1cc2c(cc1-c1cncc(C(N)=O)c1)-c1c(c(C(=O)N3CCCN(C(=O)OCc4ccccc4)CC3(C)C)nn1-c1cc(Cl)cc(Cl)c1)CC2. The van der Waals surface area contributed by atoms with Crippen molar-refractivity contribution in [1.82, 2.24) is 24.6 Å². The average molecular weight is 754 g/mol. The van der Waals surface area contributed by atoms with Gasteiger partial charge in [0.15, 0.2) is 5.69 Å². The Morgan fingerprint density at radius 1 is 0.925 bits per heavy atom. The maximum atomic E-state index is 14.8. The van der Waals surface area contributed by atoms with Crippen molar-refractivity contribution in [3.05, 3.63) is 117 Å². The molecule has 11 nitrogen and oxygen atoms in total. The smallest absolute Gasteiger partial charge is 0.410 e. The van der Waals surface area contributed by atoms with E-state index in [0.29, 0.717) is 70.7 Å². The van der Waals surface area contributed by atoms with Crippen molar-refractivity contribution in [3.63, 3.8) is 0 Å². The highest BCUT2D eigenvalue weighted by Crippen LogP contribution is 2.44. The van der Waals surface area contributed by atoms with Gasteiger partial charge in [0.1, 0.15) is 12.4 Å². The standard InChI is InChI=1S/C40H38Cl2N6O5/c1-40(2)23-46(39(51)53-22-24-8-5-4-6-9-24)12-7-13-47(40)38(50)35-31-11-10-25-15-34(52-3)32(26-14-27(37(43)49)21-44-20-26)19-33(25)36(31)48(45-35)30-17-28(41)16-29(42)18-30/h4-6,8-9,14-21H,7,10-13,22-23H2,1-3H3,(H2,43,49). The number of benzene rings is 3. The third kappa shape index (κ3) is 7.19. The number of hydrogen-bond acceptors (Lipinski definition) is 7. The van der Waals surface area contributed by atoms with Crippen LogP contribution in [0.15, 0.2) is 79.1 Å². The number of carbonyl (C=O) groups excluding carboxylic acids is 3. The van der Waals surface area contributed by atoms with Gasteiger partial charge < -0.3 is 25.0 Å². The summed E-state index contributed by atoms with van der Waals surface area (Å²) in [5.41, 5.74) is 11.5. The maximum absolute atomic E-state index is 14.8. The highest BCUT2D eigenvalue weighted by atomic mass is 35.5. The maximum Gasteiger partial charge on any atom is 0.410 e. The lowest BCUT2D eigenvalue weighted by molar-refractivity contribution is 0.0487. The zero-order valence-electron chi connectivity index (χ0n) is 29.6. The van der Waals surface area contributed by atoms with Crippen molar-refractivity contribution < 1.29 is 23.9 Å². The van der Waals surface area contributed by atoms with Gasteiger partial charge in [-0.15, -0.1) is 0 Å². The molecule has 0 unspecified atom stereocenters. The van der Waals surface area contributed by atoms with Crippen molar-refractivity contribution in [1.29, 1.82) is 0 Å². The van der Waals surface area contributed by atoms with Crippen LogP contribution in [0.2, 0.25) is 10.0 Å². The molecule has 3 amide bonds. The summed E-state index contributed by atoms with van der Waals surface area (Å²) in [4.78, 5) is 47.8. The molecule has 3 aromatic carbocycles. The summed E-state index contributed by atoms with van der Waals surface area (Å²) < 4.78 is 13.2. The van der Waals surface area contributed by atoms with Crippen molar-refractivity contribution in [2.45, 2.75) is 45.3 Å². The van der Waals surface area contributed by atoms with E-state index in [1.807, 2.05) is 61.2 Å². The first-order chi connectivity index (χ1) is 25.4. The number of nitrogens with zero attached hydrogens (tertiary/aromatic N) is 5. The Bertz CT molecular complexity index is 2220. The lowest BCUT2D eigenvalue weighted by atomic mass is 9.86. The first kappa shape index (κ1) is 36.0. The minimum atomic E-state index is -0.749. The molecule has 0 atom stereocenters. The topological polar surface area (TPSA) is 133 Å². The first-order valence-electron chi connectivity index (χ1n) is 17.3. The third-order valence-electron chi connectivity index (χ3n) is 9.76. The van der Waals surface area contributed by atoms with Crippen LogP contribution >= 0.6 is 23.2 Å². The second-order valence-electron chi connectivity index (χ2n) is 13.8. The first-order valence-corrected chi connectivity index (χ1v) is 18.0. The number of fused-ring (bicyclic) bond motifs is 3. The summed E-state index contributed by atoms with van der Waals surface area (Å²) in [5, 5.41) is 5.84. The summed E-state index contributed by atoms with van der Waals surface area (Å²) in [5.74, 6) is -0.239. The van der Waals surface area contributed by atoms with E-state index in [-0.39, 0.29) is 24.6 Å². The molecule has 0 saturated carbocycles. The van der Waals surface area contributed by atoms with Gasteiger partial charge in [0.2, 0.25) is 5.91 Å². The van der Waals surface area contributed by atoms with Gasteiger partial charge in [-0.3, -0.25) is 14.6 Å². The molecular formula is C40H38Cl2N6O5. The van der Waals surface area contributed by atoms with E-state index in [1.165, 1.54) is 6.20 Å². The minimum absolute atomic E-state index is 0.165. The van der Waals surface area contributed by atoms with E-state index >= 15 is 0 Å². The van der Waals surface area contributed by atoms with Gasteiger partial charge in [0, 0.05) is 64.3 Å². The minimum Gasteiger partial charge on any atom is -0.496 e. The van der Waals surface area contributed by atoms with Crippen LogP contribution in [0.5, 0.6) is 5.75 Å². The normalized spacial score (nSPS) is 14.9. The summed E-state index contributed by atoms with van der Waals surface area (Å²) >= 11 is 13.0. The van der Waals surface area contributed by atoms with Crippen LogP contribution in [0.3, 0.4) is 0 Å². The zero-order chi connectivity index (χ0) is 37.4. The van der Waals surface area contributed by atoms with Crippen molar-refractivity contribution in [2.24, 2.45) is 5.73 Å². The number of amides is 3. The fourth-order valence-corrected chi connectivity index (χ4v) is 7.75. The number of methoxy groups -OCH3 is 1. The molecule has 2 aromatic heterocycles. The van der Waals surface area contributed by atoms with E-state index in [1.54, 1.807) is 47.2 Å². The van der Waals surface area contributed by atoms with Crippen molar-refractivity contribution in [3.8, 4) is 33.8 Å². The third-order valence-corrected chi connectivity index (χ3v) is 10.2. The summed E-state index contributed by atoms with van der Waals surface area (Å²) in [6.07, 6.45) is 4.35. The van der Waals surface area contributed by atoms with Gasteiger partial charge in [-0.2, -0.15) is 5.10 Å². The number of primary amides is 1. The molecule has 3 heterocycles. The molecule has 2 aliphatic rings. The van der Waals surface area contributed by atoms with Crippen LogP contribution in [0.4, 0.5) is 4.79 Å². The fraction of sp³-hybridized carbons (Fsp3) is 0.275. The quantitative estimate of drug-likeness (QED) is 0.184. The molecule has 0 bridgehead atoms. The van der Waals surface area contributed by atoms with Gasteiger partial charge in [-0.05, 0) is 80.6 Å². The number of ether oxygens (including phenoxy) is 2. The second-order valence-corrected chi connectivity index (χ2v) is 14.7. The molecule has 7 rings (SSSR count). The van der Waals surface area contributed by atoms with E-state index in [2.05, 4.69) is 4.98 Å². The van der Waals surface area contributed by atoms with Crippen LogP contribution < -0.4 is 10.5 Å². The lowest BCUT2D eigenvalue weighted by Gasteiger charge is -2.38. The van der Waals surface area contributed by atoms with Crippen LogP contribution in [-0.2, 0) is 24.2 Å². The molecule has 1 saturated heterocycles. The molecule has 1 fully saturated rings. The monoisotopic (exact) mass is 752 g/mol. The predicted octanol–water partition coefficient (Wildman–Crippen LogP) is 7.38.